The Morgan fingerprint density at radius 2 is 2.00 bits per heavy atom. The van der Waals surface area contributed by atoms with Crippen LogP contribution in [0, 0.1) is 0 Å². The Bertz CT molecular complexity index is 369. The maximum absolute atomic E-state index is 4.27. The third-order valence-corrected chi connectivity index (χ3v) is 3.11. The van der Waals surface area contributed by atoms with E-state index < -0.39 is 0 Å². The average molecular weight is 316 g/mol. The number of anilines is 2. The number of halogens is 1. The first-order valence-corrected chi connectivity index (χ1v) is 6.99. The van der Waals surface area contributed by atoms with Gasteiger partial charge in [-0.25, -0.2) is 9.97 Å². The molecule has 0 aliphatic carbocycles. The first kappa shape index (κ1) is 15.2. The van der Waals surface area contributed by atoms with Crippen molar-refractivity contribution in [3.05, 3.63) is 10.8 Å². The fourth-order valence-corrected chi connectivity index (χ4v) is 2.12. The SMILES string of the molecule is CCCNc1ncnc(NC(C)CN(C)C)c1Br. The maximum Gasteiger partial charge on any atom is 0.146 e. The van der Waals surface area contributed by atoms with Crippen LogP contribution in [0.3, 0.4) is 0 Å². The predicted octanol–water partition coefficient (Wildman–Crippen LogP) is 2.42. The van der Waals surface area contributed by atoms with E-state index in [1.54, 1.807) is 6.33 Å². The van der Waals surface area contributed by atoms with Crippen LogP contribution < -0.4 is 10.6 Å². The number of hydrogen-bond donors (Lipinski definition) is 2. The molecule has 6 heteroatoms. The van der Waals surface area contributed by atoms with Gasteiger partial charge in [0.2, 0.25) is 0 Å². The van der Waals surface area contributed by atoms with Gasteiger partial charge >= 0.3 is 0 Å². The number of aromatic nitrogens is 2. The summed E-state index contributed by atoms with van der Waals surface area (Å²) in [6.45, 7) is 6.12. The molecule has 2 N–H and O–H groups in total. The number of rotatable bonds is 7. The molecule has 5 nitrogen and oxygen atoms in total. The summed E-state index contributed by atoms with van der Waals surface area (Å²) in [5.74, 6) is 1.67. The molecule has 1 atom stereocenters. The van der Waals surface area contributed by atoms with E-state index >= 15 is 0 Å². The van der Waals surface area contributed by atoms with Crippen LogP contribution in [0.4, 0.5) is 11.6 Å². The molecule has 1 unspecified atom stereocenters. The molecule has 1 rings (SSSR count). The maximum atomic E-state index is 4.27. The van der Waals surface area contributed by atoms with Crippen molar-refractivity contribution in [2.45, 2.75) is 26.3 Å². The summed E-state index contributed by atoms with van der Waals surface area (Å²) in [5.41, 5.74) is 0. The molecule has 0 bridgehead atoms. The Hall–Kier alpha value is -0.880. The first-order valence-electron chi connectivity index (χ1n) is 6.20. The second kappa shape index (κ2) is 7.53. The first-order chi connectivity index (χ1) is 8.54. The number of nitrogens with one attached hydrogen (secondary N) is 2. The van der Waals surface area contributed by atoms with Gasteiger partial charge in [0, 0.05) is 19.1 Å². The Morgan fingerprint density at radius 3 is 2.61 bits per heavy atom. The molecule has 0 aliphatic rings. The van der Waals surface area contributed by atoms with Crippen molar-refractivity contribution < 1.29 is 0 Å². The van der Waals surface area contributed by atoms with Crippen LogP contribution >= 0.6 is 15.9 Å². The highest BCUT2D eigenvalue weighted by molar-refractivity contribution is 9.10. The van der Waals surface area contributed by atoms with Gasteiger partial charge in [0.25, 0.3) is 0 Å². The van der Waals surface area contributed by atoms with E-state index in [1.165, 1.54) is 0 Å². The minimum Gasteiger partial charge on any atom is -0.369 e. The Kier molecular flexibility index (Phi) is 6.35. The molecule has 0 aliphatic heterocycles. The monoisotopic (exact) mass is 315 g/mol. The summed E-state index contributed by atoms with van der Waals surface area (Å²) >= 11 is 3.54. The van der Waals surface area contributed by atoms with Gasteiger partial charge in [-0.2, -0.15) is 0 Å². The summed E-state index contributed by atoms with van der Waals surface area (Å²) in [7, 11) is 4.11. The largest absolute Gasteiger partial charge is 0.369 e. The zero-order chi connectivity index (χ0) is 13.5. The van der Waals surface area contributed by atoms with Gasteiger partial charge in [-0.1, -0.05) is 6.92 Å². The fraction of sp³-hybridized carbons (Fsp3) is 0.667. The molecule has 0 spiro atoms. The number of nitrogens with zero attached hydrogens (tertiary/aromatic N) is 3. The summed E-state index contributed by atoms with van der Waals surface area (Å²) < 4.78 is 0.893. The molecule has 0 amide bonds. The molecule has 1 aromatic heterocycles. The standard InChI is InChI=1S/C12H22BrN5/c1-5-6-14-11-10(13)12(16-8-15-11)17-9(2)7-18(3)4/h8-9H,5-7H2,1-4H3,(H2,14,15,16,17). The van der Waals surface area contributed by atoms with Crippen LogP contribution in [0.25, 0.3) is 0 Å². The molecule has 1 heterocycles. The molecule has 0 saturated carbocycles. The van der Waals surface area contributed by atoms with Crippen LogP contribution in [-0.2, 0) is 0 Å². The van der Waals surface area contributed by atoms with Gasteiger partial charge in [-0.05, 0) is 43.4 Å². The Labute approximate surface area is 118 Å². The second-order valence-corrected chi connectivity index (χ2v) is 5.41. The third kappa shape index (κ3) is 4.78. The van der Waals surface area contributed by atoms with Crippen molar-refractivity contribution in [3.8, 4) is 0 Å². The topological polar surface area (TPSA) is 53.1 Å². The quantitative estimate of drug-likeness (QED) is 0.809. The second-order valence-electron chi connectivity index (χ2n) is 4.62. The number of likely N-dealkylation sites (N-methyl/N-ethyl adjacent to an activating group) is 1. The molecule has 0 saturated heterocycles. The van der Waals surface area contributed by atoms with E-state index in [1.807, 2.05) is 0 Å². The van der Waals surface area contributed by atoms with Crippen molar-refractivity contribution in [1.29, 1.82) is 0 Å². The summed E-state index contributed by atoms with van der Waals surface area (Å²) in [6, 6.07) is 0.324. The molecular formula is C12H22BrN5. The fourth-order valence-electron chi connectivity index (χ4n) is 1.66. The van der Waals surface area contributed by atoms with Gasteiger partial charge in [-0.3, -0.25) is 0 Å². The molecule has 0 aromatic carbocycles. The lowest BCUT2D eigenvalue weighted by Gasteiger charge is -2.20. The summed E-state index contributed by atoms with van der Waals surface area (Å²) in [6.07, 6.45) is 2.64. The van der Waals surface area contributed by atoms with Crippen LogP contribution in [-0.4, -0.2) is 48.1 Å². The molecule has 102 valence electrons. The highest BCUT2D eigenvalue weighted by Crippen LogP contribution is 2.26. The van der Waals surface area contributed by atoms with Crippen molar-refractivity contribution >= 4 is 27.6 Å². The van der Waals surface area contributed by atoms with E-state index in [0.29, 0.717) is 6.04 Å². The number of hydrogen-bond acceptors (Lipinski definition) is 5. The highest BCUT2D eigenvalue weighted by Gasteiger charge is 2.11. The lowest BCUT2D eigenvalue weighted by atomic mass is 10.3. The summed E-state index contributed by atoms with van der Waals surface area (Å²) in [5, 5.41) is 6.65. The van der Waals surface area contributed by atoms with Crippen LogP contribution in [0.2, 0.25) is 0 Å². The third-order valence-electron chi connectivity index (χ3n) is 2.35. The van der Waals surface area contributed by atoms with E-state index in [4.69, 9.17) is 0 Å². The Morgan fingerprint density at radius 1 is 1.33 bits per heavy atom. The van der Waals surface area contributed by atoms with E-state index in [9.17, 15) is 0 Å². The van der Waals surface area contributed by atoms with E-state index in [-0.39, 0.29) is 0 Å². The van der Waals surface area contributed by atoms with Crippen molar-refractivity contribution in [2.24, 2.45) is 0 Å². The van der Waals surface area contributed by atoms with Crippen LogP contribution in [0.15, 0.2) is 10.8 Å². The van der Waals surface area contributed by atoms with Gasteiger partial charge in [0.15, 0.2) is 0 Å². The van der Waals surface area contributed by atoms with E-state index in [2.05, 4.69) is 69.4 Å². The smallest absolute Gasteiger partial charge is 0.146 e. The molecule has 0 radical (unpaired) electrons. The lowest BCUT2D eigenvalue weighted by molar-refractivity contribution is 0.392. The molecular weight excluding hydrogens is 294 g/mol. The zero-order valence-corrected chi connectivity index (χ0v) is 13.1. The van der Waals surface area contributed by atoms with Crippen molar-refractivity contribution in [2.75, 3.05) is 37.8 Å². The minimum absolute atomic E-state index is 0.324. The predicted molar refractivity (Wildman–Crippen MR) is 80.2 cm³/mol. The van der Waals surface area contributed by atoms with Crippen molar-refractivity contribution in [3.63, 3.8) is 0 Å². The zero-order valence-electron chi connectivity index (χ0n) is 11.5. The van der Waals surface area contributed by atoms with Gasteiger partial charge in [0.1, 0.15) is 22.4 Å². The van der Waals surface area contributed by atoms with Gasteiger partial charge in [-0.15, -0.1) is 0 Å². The Balaban J connectivity index is 2.70. The van der Waals surface area contributed by atoms with Crippen LogP contribution in [0.5, 0.6) is 0 Å². The average Bonchev–Trinajstić information content (AvgIpc) is 2.29. The van der Waals surface area contributed by atoms with E-state index in [0.717, 1.165) is 35.6 Å². The van der Waals surface area contributed by atoms with Gasteiger partial charge in [0.05, 0.1) is 0 Å². The van der Waals surface area contributed by atoms with Gasteiger partial charge < -0.3 is 15.5 Å². The molecule has 18 heavy (non-hydrogen) atoms. The van der Waals surface area contributed by atoms with Crippen LogP contribution in [0.1, 0.15) is 20.3 Å². The highest BCUT2D eigenvalue weighted by atomic mass is 79.9. The minimum atomic E-state index is 0.324. The lowest BCUT2D eigenvalue weighted by Crippen LogP contribution is -2.30. The normalized spacial score (nSPS) is 12.6. The van der Waals surface area contributed by atoms with Crippen molar-refractivity contribution in [1.82, 2.24) is 14.9 Å². The summed E-state index contributed by atoms with van der Waals surface area (Å²) in [4.78, 5) is 10.6. The molecule has 1 aromatic rings. The molecule has 0 fully saturated rings.